The van der Waals surface area contributed by atoms with E-state index >= 15 is 0 Å². The maximum Gasteiger partial charge on any atom is 0.264 e. The van der Waals surface area contributed by atoms with E-state index in [1.54, 1.807) is 49.6 Å². The summed E-state index contributed by atoms with van der Waals surface area (Å²) in [7, 11) is -2.32. The Bertz CT molecular complexity index is 1260. The first-order valence-electron chi connectivity index (χ1n) is 10.6. The number of carbonyl (C=O) groups is 1. The molecule has 1 aliphatic heterocycles. The summed E-state index contributed by atoms with van der Waals surface area (Å²) in [4.78, 5) is 13.3. The lowest BCUT2D eigenvalue weighted by atomic mass is 10.1. The Labute approximate surface area is 194 Å². The van der Waals surface area contributed by atoms with Crippen molar-refractivity contribution in [3.63, 3.8) is 0 Å². The van der Waals surface area contributed by atoms with Crippen molar-refractivity contribution in [2.75, 3.05) is 18.0 Å². The molecule has 0 spiro atoms. The van der Waals surface area contributed by atoms with Crippen molar-refractivity contribution in [1.82, 2.24) is 5.32 Å². The molecule has 1 heterocycles. The van der Waals surface area contributed by atoms with Gasteiger partial charge in [0.05, 0.1) is 30.3 Å². The summed E-state index contributed by atoms with van der Waals surface area (Å²) in [5.41, 5.74) is 2.12. The fourth-order valence-electron chi connectivity index (χ4n) is 3.85. The monoisotopic (exact) mass is 466 g/mol. The lowest BCUT2D eigenvalue weighted by Crippen LogP contribution is -2.51. The molecule has 33 heavy (non-hydrogen) atoms. The number of methoxy groups -OCH3 is 1. The Morgan fingerprint density at radius 3 is 2.52 bits per heavy atom. The highest BCUT2D eigenvalue weighted by Gasteiger charge is 2.38. The van der Waals surface area contributed by atoms with E-state index in [1.807, 2.05) is 44.2 Å². The second-order valence-electron chi connectivity index (χ2n) is 7.90. The van der Waals surface area contributed by atoms with E-state index in [4.69, 9.17) is 9.47 Å². The number of rotatable bonds is 6. The minimum Gasteiger partial charge on any atom is -0.496 e. The molecule has 172 valence electrons. The number of hydrogen-bond acceptors (Lipinski definition) is 5. The van der Waals surface area contributed by atoms with Gasteiger partial charge in [-0.15, -0.1) is 0 Å². The van der Waals surface area contributed by atoms with E-state index in [0.717, 1.165) is 11.1 Å². The number of aryl methyl sites for hydroxylation is 1. The molecule has 7 nitrogen and oxygen atoms in total. The van der Waals surface area contributed by atoms with Crippen LogP contribution in [0.3, 0.4) is 0 Å². The van der Waals surface area contributed by atoms with Crippen LogP contribution in [-0.2, 0) is 14.8 Å². The average molecular weight is 467 g/mol. The summed E-state index contributed by atoms with van der Waals surface area (Å²) >= 11 is 0. The maximum atomic E-state index is 13.5. The largest absolute Gasteiger partial charge is 0.496 e. The molecule has 4 rings (SSSR count). The highest BCUT2D eigenvalue weighted by molar-refractivity contribution is 7.92. The summed E-state index contributed by atoms with van der Waals surface area (Å²) in [5, 5.41) is 2.93. The number of carbonyl (C=O) groups excluding carboxylic acids is 1. The van der Waals surface area contributed by atoms with E-state index in [-0.39, 0.29) is 17.5 Å². The van der Waals surface area contributed by atoms with Gasteiger partial charge >= 0.3 is 0 Å². The summed E-state index contributed by atoms with van der Waals surface area (Å²) < 4.78 is 39.6. The smallest absolute Gasteiger partial charge is 0.264 e. The molecule has 1 N–H and O–H groups in total. The molecule has 1 aliphatic rings. The molecule has 0 radical (unpaired) electrons. The van der Waals surface area contributed by atoms with Gasteiger partial charge in [0.25, 0.3) is 15.9 Å². The van der Waals surface area contributed by atoms with Gasteiger partial charge in [-0.2, -0.15) is 0 Å². The molecule has 3 aromatic carbocycles. The van der Waals surface area contributed by atoms with Crippen molar-refractivity contribution < 1.29 is 22.7 Å². The van der Waals surface area contributed by atoms with Gasteiger partial charge in [-0.3, -0.25) is 9.10 Å². The number of amides is 1. The van der Waals surface area contributed by atoms with Crippen LogP contribution in [0.15, 0.2) is 77.7 Å². The molecule has 8 heteroatoms. The van der Waals surface area contributed by atoms with Gasteiger partial charge in [-0.05, 0) is 49.7 Å². The molecule has 2 atom stereocenters. The van der Waals surface area contributed by atoms with E-state index < -0.39 is 22.0 Å². The van der Waals surface area contributed by atoms with Crippen LogP contribution in [0.5, 0.6) is 11.5 Å². The standard InChI is InChI=1S/C25H26N2O5S/c1-17-13-14-23-21(15-17)27(33(29,30)19-9-5-4-6-10-19)16-24(32-23)25(28)26-18(2)20-11-7-8-12-22(20)31-3/h4-15,18,24H,16H2,1-3H3,(H,26,28)/t18-,24+/m1/s1. The van der Waals surface area contributed by atoms with Crippen molar-refractivity contribution in [1.29, 1.82) is 0 Å². The Morgan fingerprint density at radius 2 is 1.79 bits per heavy atom. The first-order chi connectivity index (χ1) is 15.8. The minimum absolute atomic E-state index is 0.141. The fraction of sp³-hybridized carbons (Fsp3) is 0.240. The van der Waals surface area contributed by atoms with E-state index in [2.05, 4.69) is 5.32 Å². The lowest BCUT2D eigenvalue weighted by Gasteiger charge is -2.35. The Hall–Kier alpha value is -3.52. The zero-order chi connectivity index (χ0) is 23.6. The van der Waals surface area contributed by atoms with Crippen molar-refractivity contribution >= 4 is 21.6 Å². The van der Waals surface area contributed by atoms with Crippen LogP contribution < -0.4 is 19.1 Å². The van der Waals surface area contributed by atoms with Gasteiger partial charge in [0, 0.05) is 5.56 Å². The number of nitrogens with zero attached hydrogens (tertiary/aromatic N) is 1. The Kier molecular flexibility index (Phi) is 6.29. The topological polar surface area (TPSA) is 84.9 Å². The fourth-order valence-corrected chi connectivity index (χ4v) is 5.34. The van der Waals surface area contributed by atoms with Crippen molar-refractivity contribution in [3.05, 3.63) is 83.9 Å². The van der Waals surface area contributed by atoms with Crippen LogP contribution in [-0.4, -0.2) is 34.1 Å². The molecule has 3 aromatic rings. The highest BCUT2D eigenvalue weighted by Crippen LogP contribution is 2.38. The molecule has 0 unspecified atom stereocenters. The second kappa shape index (κ2) is 9.15. The van der Waals surface area contributed by atoms with Crippen LogP contribution in [0.4, 0.5) is 5.69 Å². The predicted molar refractivity (Wildman–Crippen MR) is 126 cm³/mol. The van der Waals surface area contributed by atoms with E-state index in [0.29, 0.717) is 17.2 Å². The van der Waals surface area contributed by atoms with Gasteiger partial charge in [-0.25, -0.2) is 8.42 Å². The molecule has 0 fully saturated rings. The molecule has 0 saturated heterocycles. The Balaban J connectivity index is 1.64. The third-order valence-electron chi connectivity index (χ3n) is 5.57. The number of sulfonamides is 1. The molecule has 0 aliphatic carbocycles. The van der Waals surface area contributed by atoms with Crippen molar-refractivity contribution in [3.8, 4) is 11.5 Å². The first-order valence-corrected chi connectivity index (χ1v) is 12.0. The summed E-state index contributed by atoms with van der Waals surface area (Å²) in [6.45, 7) is 3.58. The SMILES string of the molecule is COc1ccccc1[C@@H](C)NC(=O)[C@@H]1CN(S(=O)(=O)c2ccccc2)c2cc(C)ccc2O1. The zero-order valence-electron chi connectivity index (χ0n) is 18.7. The molecule has 1 amide bonds. The van der Waals surface area contributed by atoms with Crippen LogP contribution in [0.1, 0.15) is 24.1 Å². The number of fused-ring (bicyclic) bond motifs is 1. The molecule has 0 bridgehead atoms. The maximum absolute atomic E-state index is 13.5. The molecule has 0 aromatic heterocycles. The predicted octanol–water partition coefficient (Wildman–Crippen LogP) is 3.84. The number of anilines is 1. The van der Waals surface area contributed by atoms with Gasteiger partial charge in [0.2, 0.25) is 0 Å². The van der Waals surface area contributed by atoms with Gasteiger partial charge in [0.15, 0.2) is 6.10 Å². The molecule has 0 saturated carbocycles. The summed E-state index contributed by atoms with van der Waals surface area (Å²) in [5.74, 6) is 0.591. The average Bonchev–Trinajstić information content (AvgIpc) is 2.83. The van der Waals surface area contributed by atoms with Gasteiger partial charge < -0.3 is 14.8 Å². The van der Waals surface area contributed by atoms with Gasteiger partial charge in [0.1, 0.15) is 11.5 Å². The van der Waals surface area contributed by atoms with Crippen LogP contribution in [0.25, 0.3) is 0 Å². The third-order valence-corrected chi connectivity index (χ3v) is 7.37. The number of hydrogen-bond donors (Lipinski definition) is 1. The van der Waals surface area contributed by atoms with Crippen LogP contribution in [0.2, 0.25) is 0 Å². The normalized spacial score (nSPS) is 16.3. The lowest BCUT2D eigenvalue weighted by molar-refractivity contribution is -0.128. The highest BCUT2D eigenvalue weighted by atomic mass is 32.2. The summed E-state index contributed by atoms with van der Waals surface area (Å²) in [6.07, 6.45) is -1.02. The number of benzene rings is 3. The van der Waals surface area contributed by atoms with Crippen LogP contribution >= 0.6 is 0 Å². The number of para-hydroxylation sites is 1. The van der Waals surface area contributed by atoms with Gasteiger partial charge in [-0.1, -0.05) is 42.5 Å². The minimum atomic E-state index is -3.90. The van der Waals surface area contributed by atoms with Crippen molar-refractivity contribution in [2.45, 2.75) is 30.9 Å². The van der Waals surface area contributed by atoms with Crippen LogP contribution in [0, 0.1) is 6.92 Å². The molecular formula is C25H26N2O5S. The number of nitrogens with one attached hydrogen (secondary N) is 1. The van der Waals surface area contributed by atoms with Crippen molar-refractivity contribution in [2.24, 2.45) is 0 Å². The molecular weight excluding hydrogens is 440 g/mol. The second-order valence-corrected chi connectivity index (χ2v) is 9.76. The number of ether oxygens (including phenoxy) is 2. The summed E-state index contributed by atoms with van der Waals surface area (Å²) in [6, 6.07) is 20.5. The van der Waals surface area contributed by atoms with E-state index in [9.17, 15) is 13.2 Å². The first kappa shape index (κ1) is 22.7. The van der Waals surface area contributed by atoms with E-state index in [1.165, 1.54) is 4.31 Å². The third kappa shape index (κ3) is 4.52. The quantitative estimate of drug-likeness (QED) is 0.597. The zero-order valence-corrected chi connectivity index (χ0v) is 19.5. The Morgan fingerprint density at radius 1 is 1.09 bits per heavy atom.